The van der Waals surface area contributed by atoms with Crippen molar-refractivity contribution < 1.29 is 19.3 Å². The second-order valence-corrected chi connectivity index (χ2v) is 7.67. The summed E-state index contributed by atoms with van der Waals surface area (Å²) in [6.07, 6.45) is 1.48. The predicted octanol–water partition coefficient (Wildman–Crippen LogP) is 5.30. The minimum absolute atomic E-state index is 0.000825. The molecule has 0 bridgehead atoms. The van der Waals surface area contributed by atoms with Crippen molar-refractivity contribution in [2.75, 3.05) is 26.8 Å². The molecular weight excluding hydrogens is 444 g/mol. The van der Waals surface area contributed by atoms with Crippen LogP contribution in [0, 0.1) is 6.92 Å². The molecule has 0 radical (unpaired) electrons. The highest BCUT2D eigenvalue weighted by atomic mass is 16.5. The number of methoxy groups -OCH3 is 3. The summed E-state index contributed by atoms with van der Waals surface area (Å²) in [5, 5.41) is 14.5. The highest BCUT2D eigenvalue weighted by molar-refractivity contribution is 5.85. The van der Waals surface area contributed by atoms with Crippen LogP contribution in [-0.2, 0) is 0 Å². The molecule has 4 rings (SSSR count). The number of phenols is 1. The molecular formula is C27H26N4O4. The number of phenolic OH excluding ortho intramolecular Hbond substituents is 1. The summed E-state index contributed by atoms with van der Waals surface area (Å²) >= 11 is 0. The molecule has 35 heavy (non-hydrogen) atoms. The van der Waals surface area contributed by atoms with E-state index in [9.17, 15) is 5.11 Å². The third kappa shape index (κ3) is 5.33. The van der Waals surface area contributed by atoms with E-state index in [0.717, 1.165) is 22.4 Å². The van der Waals surface area contributed by atoms with Gasteiger partial charge in [0, 0.05) is 16.7 Å². The molecule has 8 heteroatoms. The number of ether oxygens (including phenoxy) is 3. The summed E-state index contributed by atoms with van der Waals surface area (Å²) in [5.74, 6) is 1.89. The van der Waals surface area contributed by atoms with E-state index in [2.05, 4.69) is 20.5 Å². The lowest BCUT2D eigenvalue weighted by Crippen LogP contribution is -2.01. The van der Waals surface area contributed by atoms with Gasteiger partial charge in [0.05, 0.1) is 38.9 Å². The molecule has 0 aliphatic rings. The van der Waals surface area contributed by atoms with Crippen LogP contribution in [0.25, 0.3) is 22.5 Å². The molecule has 0 spiro atoms. The van der Waals surface area contributed by atoms with E-state index in [1.54, 1.807) is 32.4 Å². The molecule has 4 aromatic rings. The van der Waals surface area contributed by atoms with Crippen molar-refractivity contribution in [3.63, 3.8) is 0 Å². The lowest BCUT2D eigenvalue weighted by molar-refractivity contribution is 0.355. The maximum Gasteiger partial charge on any atom is 0.244 e. The van der Waals surface area contributed by atoms with Gasteiger partial charge in [0.1, 0.15) is 0 Å². The lowest BCUT2D eigenvalue weighted by atomic mass is 10.1. The number of hydrogen-bond donors (Lipinski definition) is 2. The van der Waals surface area contributed by atoms with E-state index in [0.29, 0.717) is 34.5 Å². The van der Waals surface area contributed by atoms with Gasteiger partial charge in [0.25, 0.3) is 0 Å². The molecule has 0 atom stereocenters. The molecule has 0 amide bonds. The second-order valence-electron chi connectivity index (χ2n) is 7.67. The number of nitrogens with zero attached hydrogens (tertiary/aromatic N) is 3. The van der Waals surface area contributed by atoms with Gasteiger partial charge in [-0.05, 0) is 43.3 Å². The number of para-hydroxylation sites is 1. The van der Waals surface area contributed by atoms with Gasteiger partial charge in [-0.25, -0.2) is 15.4 Å². The summed E-state index contributed by atoms with van der Waals surface area (Å²) in [6.45, 7) is 2.04. The first-order valence-corrected chi connectivity index (χ1v) is 10.9. The molecule has 0 saturated carbocycles. The van der Waals surface area contributed by atoms with Gasteiger partial charge >= 0.3 is 0 Å². The average molecular weight is 471 g/mol. The summed E-state index contributed by atoms with van der Waals surface area (Å²) < 4.78 is 16.0. The van der Waals surface area contributed by atoms with Crippen LogP contribution >= 0.6 is 0 Å². The first kappa shape index (κ1) is 23.6. The van der Waals surface area contributed by atoms with Crippen LogP contribution in [-0.4, -0.2) is 42.6 Å². The first-order chi connectivity index (χ1) is 17.0. The molecule has 1 heterocycles. The number of aromatic nitrogens is 2. The highest BCUT2D eigenvalue weighted by Gasteiger charge is 2.12. The van der Waals surface area contributed by atoms with E-state index in [4.69, 9.17) is 14.2 Å². The second kappa shape index (κ2) is 10.6. The Bertz CT molecular complexity index is 1350. The largest absolute Gasteiger partial charge is 0.504 e. The Kier molecular flexibility index (Phi) is 7.11. The molecule has 0 aliphatic carbocycles. The molecule has 1 aromatic heterocycles. The van der Waals surface area contributed by atoms with Gasteiger partial charge in [-0.15, -0.1) is 0 Å². The van der Waals surface area contributed by atoms with Crippen molar-refractivity contribution in [3.8, 4) is 45.5 Å². The Morgan fingerprint density at radius 2 is 1.43 bits per heavy atom. The molecule has 2 N–H and O–H groups in total. The van der Waals surface area contributed by atoms with Crippen molar-refractivity contribution in [1.29, 1.82) is 0 Å². The molecule has 178 valence electrons. The number of aromatic hydroxyl groups is 1. The Morgan fingerprint density at radius 1 is 0.771 bits per heavy atom. The maximum atomic E-state index is 10.3. The van der Waals surface area contributed by atoms with Crippen molar-refractivity contribution >= 4 is 12.2 Å². The Labute approximate surface area is 203 Å². The Balaban J connectivity index is 1.73. The number of aryl methyl sites for hydroxylation is 1. The third-order valence-corrected chi connectivity index (χ3v) is 5.37. The summed E-state index contributed by atoms with van der Waals surface area (Å²) in [5.41, 5.74) is 7.71. The Morgan fingerprint density at radius 3 is 2.11 bits per heavy atom. The van der Waals surface area contributed by atoms with Gasteiger partial charge in [-0.2, -0.15) is 5.10 Å². The van der Waals surface area contributed by atoms with Crippen LogP contribution in [0.1, 0.15) is 11.1 Å². The first-order valence-electron chi connectivity index (χ1n) is 10.9. The summed E-state index contributed by atoms with van der Waals surface area (Å²) in [6, 6.07) is 20.8. The normalized spacial score (nSPS) is 10.9. The van der Waals surface area contributed by atoms with Crippen molar-refractivity contribution in [3.05, 3.63) is 77.9 Å². The average Bonchev–Trinajstić information content (AvgIpc) is 2.89. The zero-order valence-corrected chi connectivity index (χ0v) is 19.9. The van der Waals surface area contributed by atoms with Gasteiger partial charge in [-0.3, -0.25) is 0 Å². The fourth-order valence-corrected chi connectivity index (χ4v) is 3.48. The number of hydrazone groups is 1. The highest BCUT2D eigenvalue weighted by Crippen LogP contribution is 2.33. The van der Waals surface area contributed by atoms with E-state index in [1.807, 2.05) is 55.5 Å². The topological polar surface area (TPSA) is 98.1 Å². The number of hydrogen-bond acceptors (Lipinski definition) is 8. The molecule has 0 saturated heterocycles. The minimum Gasteiger partial charge on any atom is -0.504 e. The third-order valence-electron chi connectivity index (χ3n) is 5.37. The molecule has 8 nitrogen and oxygen atoms in total. The molecule has 0 fully saturated rings. The van der Waals surface area contributed by atoms with Crippen LogP contribution in [0.4, 0.5) is 5.95 Å². The van der Waals surface area contributed by atoms with Crippen molar-refractivity contribution in [2.45, 2.75) is 6.92 Å². The predicted molar refractivity (Wildman–Crippen MR) is 137 cm³/mol. The van der Waals surface area contributed by atoms with Crippen LogP contribution in [0.3, 0.4) is 0 Å². The zero-order valence-electron chi connectivity index (χ0n) is 19.9. The Hall–Kier alpha value is -4.59. The van der Waals surface area contributed by atoms with Gasteiger partial charge < -0.3 is 19.3 Å². The fourth-order valence-electron chi connectivity index (χ4n) is 3.48. The number of benzene rings is 3. The smallest absolute Gasteiger partial charge is 0.244 e. The van der Waals surface area contributed by atoms with Crippen LogP contribution < -0.4 is 19.6 Å². The summed E-state index contributed by atoms with van der Waals surface area (Å²) in [4.78, 5) is 9.29. The van der Waals surface area contributed by atoms with Gasteiger partial charge in [0.2, 0.25) is 5.95 Å². The lowest BCUT2D eigenvalue weighted by Gasteiger charge is -2.11. The quantitative estimate of drug-likeness (QED) is 0.266. The van der Waals surface area contributed by atoms with E-state index < -0.39 is 0 Å². The number of nitrogens with one attached hydrogen (secondary N) is 1. The minimum atomic E-state index is 0.000825. The summed E-state index contributed by atoms with van der Waals surface area (Å²) in [7, 11) is 4.68. The van der Waals surface area contributed by atoms with Crippen LogP contribution in [0.2, 0.25) is 0 Å². The van der Waals surface area contributed by atoms with Gasteiger partial charge in [0.15, 0.2) is 23.0 Å². The number of rotatable bonds is 8. The SMILES string of the molecule is COc1ccc(-c2cc(-c3ccc(C)cc3)nc(N/N=C\c3cccc(OC)c3O)n2)cc1OC. The number of anilines is 1. The molecule has 0 aliphatic heterocycles. The van der Waals surface area contributed by atoms with Gasteiger partial charge in [-0.1, -0.05) is 35.9 Å². The monoisotopic (exact) mass is 470 g/mol. The van der Waals surface area contributed by atoms with E-state index >= 15 is 0 Å². The molecule has 3 aromatic carbocycles. The fraction of sp³-hybridized carbons (Fsp3) is 0.148. The maximum absolute atomic E-state index is 10.3. The standard InChI is InChI=1S/C27H26N4O4/c1-17-8-10-18(11-9-17)21-15-22(19-12-13-23(33-2)25(14-19)35-4)30-27(29-21)31-28-16-20-6-5-7-24(34-3)26(20)32/h5-16,32H,1-4H3,(H,29,30,31)/b28-16-. The van der Waals surface area contributed by atoms with E-state index in [1.165, 1.54) is 13.3 Å². The van der Waals surface area contributed by atoms with E-state index in [-0.39, 0.29) is 5.75 Å². The van der Waals surface area contributed by atoms with Crippen molar-refractivity contribution in [2.24, 2.45) is 5.10 Å². The van der Waals surface area contributed by atoms with Crippen molar-refractivity contribution in [1.82, 2.24) is 9.97 Å². The van der Waals surface area contributed by atoms with Crippen LogP contribution in [0.15, 0.2) is 71.8 Å². The molecule has 0 unspecified atom stereocenters. The van der Waals surface area contributed by atoms with Crippen LogP contribution in [0.5, 0.6) is 23.0 Å². The zero-order chi connectivity index (χ0) is 24.8.